The van der Waals surface area contributed by atoms with Crippen LogP contribution >= 0.6 is 0 Å². The molecule has 2 aromatic carbocycles. The number of nitrogens with zero attached hydrogens (tertiary/aromatic N) is 1. The molecule has 1 aliphatic heterocycles. The van der Waals surface area contributed by atoms with Crippen LogP contribution in [0.1, 0.15) is 50.2 Å². The summed E-state index contributed by atoms with van der Waals surface area (Å²) in [6.45, 7) is 5.50. The summed E-state index contributed by atoms with van der Waals surface area (Å²) >= 11 is 0. The second-order valence-corrected chi connectivity index (χ2v) is 10.1. The first kappa shape index (κ1) is 24.8. The van der Waals surface area contributed by atoms with Gasteiger partial charge in [-0.25, -0.2) is 4.79 Å². The molecule has 2 unspecified atom stereocenters. The number of carbonyl (C=O) groups excluding carboxylic acids is 2. The Morgan fingerprint density at radius 1 is 1.06 bits per heavy atom. The van der Waals surface area contributed by atoms with Gasteiger partial charge in [0.05, 0.1) is 5.92 Å². The van der Waals surface area contributed by atoms with Gasteiger partial charge < -0.3 is 20.1 Å². The molecule has 186 valence electrons. The Morgan fingerprint density at radius 2 is 1.69 bits per heavy atom. The van der Waals surface area contributed by atoms with Crippen LogP contribution in [-0.4, -0.2) is 54.2 Å². The second kappa shape index (κ2) is 10.9. The van der Waals surface area contributed by atoms with Crippen LogP contribution in [0.4, 0.5) is 4.79 Å². The van der Waals surface area contributed by atoms with E-state index in [0.717, 1.165) is 17.5 Å². The number of carbonyl (C=O) groups is 3. The van der Waals surface area contributed by atoms with E-state index in [2.05, 4.69) is 43.4 Å². The molecule has 0 aromatic heterocycles. The van der Waals surface area contributed by atoms with Gasteiger partial charge in [0.15, 0.2) is 0 Å². The van der Waals surface area contributed by atoms with E-state index in [4.69, 9.17) is 4.74 Å². The molecule has 1 fully saturated rings. The molecule has 7 nitrogen and oxygen atoms in total. The van der Waals surface area contributed by atoms with Gasteiger partial charge in [-0.05, 0) is 46.9 Å². The molecular weight excluding hydrogens is 444 g/mol. The molecule has 1 heterocycles. The van der Waals surface area contributed by atoms with Gasteiger partial charge >= 0.3 is 12.1 Å². The molecule has 35 heavy (non-hydrogen) atoms. The Kier molecular flexibility index (Phi) is 7.73. The molecule has 4 rings (SSSR count). The van der Waals surface area contributed by atoms with Gasteiger partial charge in [-0.15, -0.1) is 0 Å². The summed E-state index contributed by atoms with van der Waals surface area (Å²) in [5, 5.41) is 12.1. The number of hydrogen-bond donors (Lipinski definition) is 2. The summed E-state index contributed by atoms with van der Waals surface area (Å²) in [4.78, 5) is 38.2. The van der Waals surface area contributed by atoms with E-state index < -0.39 is 18.0 Å². The lowest BCUT2D eigenvalue weighted by Gasteiger charge is -2.23. The molecular formula is C28H34N2O5. The standard InChI is InChI=1S/C28H34N2O5/c1-18(2)13-19(14-26(31)30-12-11-20(16-30)27(32)33)15-29-28(34)35-17-25-23-9-5-3-7-21(23)22-8-4-6-10-24(22)25/h3-10,18-20,25H,11-17H2,1-2H3,(H,29,34)(H,32,33). The zero-order valence-electron chi connectivity index (χ0n) is 20.4. The Morgan fingerprint density at radius 3 is 2.26 bits per heavy atom. The van der Waals surface area contributed by atoms with Crippen LogP contribution in [0.5, 0.6) is 0 Å². The van der Waals surface area contributed by atoms with Gasteiger partial charge in [0.2, 0.25) is 5.91 Å². The number of nitrogens with one attached hydrogen (secondary N) is 1. The third-order valence-electron chi connectivity index (χ3n) is 7.04. The highest BCUT2D eigenvalue weighted by atomic mass is 16.5. The number of carboxylic acid groups (broad SMARTS) is 1. The summed E-state index contributed by atoms with van der Waals surface area (Å²) in [6, 6.07) is 16.4. The lowest BCUT2D eigenvalue weighted by molar-refractivity contribution is -0.141. The minimum absolute atomic E-state index is 0.00136. The van der Waals surface area contributed by atoms with E-state index in [0.29, 0.717) is 25.4 Å². The summed E-state index contributed by atoms with van der Waals surface area (Å²) in [5.41, 5.74) is 4.68. The van der Waals surface area contributed by atoms with Crippen LogP contribution in [-0.2, 0) is 14.3 Å². The summed E-state index contributed by atoms with van der Waals surface area (Å²) in [6.07, 6.45) is 1.08. The lowest BCUT2D eigenvalue weighted by Crippen LogP contribution is -2.36. The van der Waals surface area contributed by atoms with Crippen molar-refractivity contribution in [3.8, 4) is 11.1 Å². The fourth-order valence-electron chi connectivity index (χ4n) is 5.35. The molecule has 2 aromatic rings. The van der Waals surface area contributed by atoms with E-state index in [1.807, 2.05) is 24.3 Å². The lowest BCUT2D eigenvalue weighted by atomic mass is 9.93. The van der Waals surface area contributed by atoms with E-state index >= 15 is 0 Å². The predicted molar refractivity (Wildman–Crippen MR) is 133 cm³/mol. The molecule has 1 saturated heterocycles. The monoisotopic (exact) mass is 478 g/mol. The van der Waals surface area contributed by atoms with Crippen molar-refractivity contribution in [3.63, 3.8) is 0 Å². The molecule has 2 atom stereocenters. The number of fused-ring (bicyclic) bond motifs is 3. The minimum Gasteiger partial charge on any atom is -0.481 e. The second-order valence-electron chi connectivity index (χ2n) is 10.1. The molecule has 0 bridgehead atoms. The van der Waals surface area contributed by atoms with E-state index in [-0.39, 0.29) is 37.3 Å². The van der Waals surface area contributed by atoms with Gasteiger partial charge in [0.25, 0.3) is 0 Å². The van der Waals surface area contributed by atoms with E-state index in [9.17, 15) is 19.5 Å². The number of rotatable bonds is 9. The maximum Gasteiger partial charge on any atom is 0.407 e. The SMILES string of the molecule is CC(C)CC(CNC(=O)OCC1c2ccccc2-c2ccccc21)CC(=O)N1CCC(C(=O)O)C1. The number of carboxylic acids is 1. The van der Waals surface area contributed by atoms with Crippen LogP contribution < -0.4 is 5.32 Å². The quantitative estimate of drug-likeness (QED) is 0.553. The fourth-order valence-corrected chi connectivity index (χ4v) is 5.35. The molecule has 0 spiro atoms. The van der Waals surface area contributed by atoms with E-state index in [1.54, 1.807) is 4.90 Å². The highest BCUT2D eigenvalue weighted by Crippen LogP contribution is 2.44. The van der Waals surface area contributed by atoms with Crippen LogP contribution in [0, 0.1) is 17.8 Å². The first-order chi connectivity index (χ1) is 16.8. The number of amides is 2. The minimum atomic E-state index is -0.851. The molecule has 2 aliphatic rings. The van der Waals surface area contributed by atoms with Gasteiger partial charge in [-0.2, -0.15) is 0 Å². The zero-order valence-corrected chi connectivity index (χ0v) is 20.4. The summed E-state index contributed by atoms with van der Waals surface area (Å²) < 4.78 is 5.63. The maximum atomic E-state index is 12.8. The first-order valence-corrected chi connectivity index (χ1v) is 12.4. The fraction of sp³-hybridized carbons (Fsp3) is 0.464. The predicted octanol–water partition coefficient (Wildman–Crippen LogP) is 4.51. The van der Waals surface area contributed by atoms with Crippen molar-refractivity contribution < 1.29 is 24.2 Å². The van der Waals surface area contributed by atoms with Crippen LogP contribution in [0.15, 0.2) is 48.5 Å². The summed E-state index contributed by atoms with van der Waals surface area (Å²) in [5.74, 6) is -1.06. The largest absolute Gasteiger partial charge is 0.481 e. The highest BCUT2D eigenvalue weighted by molar-refractivity contribution is 5.80. The maximum absolute atomic E-state index is 12.8. The van der Waals surface area contributed by atoms with Crippen molar-refractivity contribution in [3.05, 3.63) is 59.7 Å². The third kappa shape index (κ3) is 5.84. The van der Waals surface area contributed by atoms with Crippen molar-refractivity contribution in [1.29, 1.82) is 0 Å². The van der Waals surface area contributed by atoms with Crippen molar-refractivity contribution >= 4 is 18.0 Å². The van der Waals surface area contributed by atoms with Gasteiger partial charge in [-0.1, -0.05) is 62.4 Å². The third-order valence-corrected chi connectivity index (χ3v) is 7.04. The Labute approximate surface area is 206 Å². The number of hydrogen-bond acceptors (Lipinski definition) is 4. The summed E-state index contributed by atoms with van der Waals surface area (Å²) in [7, 11) is 0. The molecule has 1 aliphatic carbocycles. The Bertz CT molecular complexity index is 1040. The smallest absolute Gasteiger partial charge is 0.407 e. The van der Waals surface area contributed by atoms with Crippen molar-refractivity contribution in [1.82, 2.24) is 10.2 Å². The highest BCUT2D eigenvalue weighted by Gasteiger charge is 2.32. The number of aliphatic carboxylic acids is 1. The average molecular weight is 479 g/mol. The van der Waals surface area contributed by atoms with E-state index in [1.165, 1.54) is 11.1 Å². The molecule has 0 radical (unpaired) electrons. The van der Waals surface area contributed by atoms with Gasteiger partial charge in [-0.3, -0.25) is 9.59 Å². The van der Waals surface area contributed by atoms with Gasteiger partial charge in [0.1, 0.15) is 6.61 Å². The van der Waals surface area contributed by atoms with Crippen molar-refractivity contribution in [2.45, 2.75) is 39.0 Å². The molecule has 7 heteroatoms. The van der Waals surface area contributed by atoms with Crippen LogP contribution in [0.25, 0.3) is 11.1 Å². The van der Waals surface area contributed by atoms with Crippen molar-refractivity contribution in [2.24, 2.45) is 17.8 Å². The topological polar surface area (TPSA) is 95.9 Å². The first-order valence-electron chi connectivity index (χ1n) is 12.4. The van der Waals surface area contributed by atoms with Crippen LogP contribution in [0.3, 0.4) is 0 Å². The van der Waals surface area contributed by atoms with Crippen LogP contribution in [0.2, 0.25) is 0 Å². The normalized spacial score (nSPS) is 17.7. The Balaban J connectivity index is 1.31. The molecule has 2 N–H and O–H groups in total. The number of ether oxygens (including phenoxy) is 1. The van der Waals surface area contributed by atoms with Crippen molar-refractivity contribution in [2.75, 3.05) is 26.2 Å². The Hall–Kier alpha value is -3.35. The van der Waals surface area contributed by atoms with Gasteiger partial charge in [0, 0.05) is 32.0 Å². The molecule has 2 amide bonds. The zero-order chi connectivity index (χ0) is 24.9. The number of likely N-dealkylation sites (tertiary alicyclic amines) is 1. The molecule has 0 saturated carbocycles. The average Bonchev–Trinajstić information content (AvgIpc) is 3.45. The number of alkyl carbamates (subject to hydrolysis) is 1. The number of benzene rings is 2.